The lowest BCUT2D eigenvalue weighted by atomic mass is 9.74. The summed E-state index contributed by atoms with van der Waals surface area (Å²) >= 11 is 0. The van der Waals surface area contributed by atoms with Gasteiger partial charge in [0.1, 0.15) is 0 Å². The van der Waals surface area contributed by atoms with E-state index in [4.69, 9.17) is 2.74 Å². The molecule has 1 unspecified atom stereocenters. The smallest absolute Gasteiger partial charge is 0.0437 e. The number of aryl methyl sites for hydroxylation is 1. The summed E-state index contributed by atoms with van der Waals surface area (Å²) in [4.78, 5) is 1.89. The molecule has 1 heteroatoms. The van der Waals surface area contributed by atoms with Gasteiger partial charge in [-0.25, -0.2) is 0 Å². The molecule has 0 saturated heterocycles. The third-order valence-corrected chi connectivity index (χ3v) is 4.29. The van der Waals surface area contributed by atoms with Crippen molar-refractivity contribution in [3.63, 3.8) is 0 Å². The number of rotatable bonds is 0. The van der Waals surface area contributed by atoms with E-state index in [1.807, 2.05) is 11.9 Å². The van der Waals surface area contributed by atoms with E-state index < -0.39 is 6.50 Å². The van der Waals surface area contributed by atoms with Crippen LogP contribution in [0.25, 0.3) is 0 Å². The predicted molar refractivity (Wildman–Crippen MR) is 77.2 cm³/mol. The van der Waals surface area contributed by atoms with Gasteiger partial charge in [-0.2, -0.15) is 0 Å². The van der Waals surface area contributed by atoms with Gasteiger partial charge in [0.15, 0.2) is 0 Å². The average molecular weight is 245 g/mol. The van der Waals surface area contributed by atoms with E-state index in [1.54, 1.807) is 0 Å². The van der Waals surface area contributed by atoms with Crippen molar-refractivity contribution in [3.8, 4) is 0 Å². The molecule has 1 aliphatic carbocycles. The van der Waals surface area contributed by atoms with Crippen LogP contribution in [0, 0.1) is 0 Å². The van der Waals surface area contributed by atoms with Crippen molar-refractivity contribution >= 4 is 0 Å². The molecule has 1 heterocycles. The molecule has 1 atom stereocenters. The van der Waals surface area contributed by atoms with Crippen LogP contribution in [-0.2, 0) is 18.4 Å². The molecule has 2 aliphatic rings. The van der Waals surface area contributed by atoms with Crippen LogP contribution in [-0.4, -0.2) is 18.4 Å². The Hall–Kier alpha value is -0.820. The topological polar surface area (TPSA) is 3.24 Å². The van der Waals surface area contributed by atoms with Gasteiger partial charge >= 0.3 is 0 Å². The molecule has 0 aromatic heterocycles. The van der Waals surface area contributed by atoms with Gasteiger partial charge in [-0.1, -0.05) is 32.9 Å². The fraction of sp³-hybridized carbons (Fsp3) is 0.647. The van der Waals surface area contributed by atoms with E-state index in [2.05, 4.69) is 32.9 Å². The van der Waals surface area contributed by atoms with Crippen LogP contribution in [0.1, 0.15) is 64.5 Å². The van der Waals surface area contributed by atoms with E-state index in [1.165, 1.54) is 22.3 Å². The van der Waals surface area contributed by atoms with Gasteiger partial charge in [-0.05, 0) is 59.9 Å². The predicted octanol–water partition coefficient (Wildman–Crippen LogP) is 3.85. The van der Waals surface area contributed by atoms with Crippen molar-refractivity contribution in [3.05, 3.63) is 34.4 Å². The zero-order valence-electron chi connectivity index (χ0n) is 14.0. The molecule has 0 radical (unpaired) electrons. The molecule has 98 valence electrons. The number of benzene rings is 1. The first-order valence-electron chi connectivity index (χ1n) is 8.08. The van der Waals surface area contributed by atoms with Crippen LogP contribution in [0.3, 0.4) is 0 Å². The van der Waals surface area contributed by atoms with Crippen molar-refractivity contribution in [2.75, 3.05) is 13.5 Å². The minimum absolute atomic E-state index is 0.0500. The Labute approximate surface area is 114 Å². The highest BCUT2D eigenvalue weighted by Crippen LogP contribution is 2.40. The standard InChI is InChI=1S/C17H25N/c1-17(2,3)15-8-12-6-5-7-13-10-18(4)11-14(9-15)16(12)13/h8-9,13H,5-7,10-11H2,1-4H3/i10D2. The van der Waals surface area contributed by atoms with E-state index in [0.29, 0.717) is 0 Å². The molecule has 18 heavy (non-hydrogen) atoms. The summed E-state index contributed by atoms with van der Waals surface area (Å²) in [6.07, 6.45) is 3.20. The van der Waals surface area contributed by atoms with Crippen LogP contribution >= 0.6 is 0 Å². The molecule has 1 aromatic rings. The minimum Gasteiger partial charge on any atom is -0.301 e. The maximum Gasteiger partial charge on any atom is 0.0437 e. The highest BCUT2D eigenvalue weighted by Gasteiger charge is 2.30. The van der Waals surface area contributed by atoms with Gasteiger partial charge < -0.3 is 4.90 Å². The number of hydrogen-bond acceptors (Lipinski definition) is 1. The molecule has 0 fully saturated rings. The molecule has 0 bridgehead atoms. The second-order valence-corrected chi connectivity index (χ2v) is 6.89. The molecular formula is C17H25N. The maximum absolute atomic E-state index is 8.42. The first kappa shape index (κ1) is 10.0. The zero-order valence-corrected chi connectivity index (χ0v) is 12.0. The largest absolute Gasteiger partial charge is 0.301 e. The van der Waals surface area contributed by atoms with Crippen molar-refractivity contribution < 1.29 is 2.74 Å². The third kappa shape index (κ3) is 1.99. The Kier molecular flexibility index (Phi) is 2.28. The van der Waals surface area contributed by atoms with E-state index in [-0.39, 0.29) is 11.3 Å². The lowest BCUT2D eigenvalue weighted by Gasteiger charge is -2.38. The number of hydrogen-bond donors (Lipinski definition) is 0. The van der Waals surface area contributed by atoms with E-state index >= 15 is 0 Å². The second kappa shape index (κ2) is 4.09. The van der Waals surface area contributed by atoms with Gasteiger partial charge in [0.25, 0.3) is 0 Å². The lowest BCUT2D eigenvalue weighted by Crippen LogP contribution is -2.33. The van der Waals surface area contributed by atoms with Gasteiger partial charge in [-0.3, -0.25) is 0 Å². The van der Waals surface area contributed by atoms with Gasteiger partial charge in [0.05, 0.1) is 0 Å². The Morgan fingerprint density at radius 2 is 2.00 bits per heavy atom. The van der Waals surface area contributed by atoms with E-state index in [0.717, 1.165) is 25.8 Å². The van der Waals surface area contributed by atoms with E-state index in [9.17, 15) is 0 Å². The van der Waals surface area contributed by atoms with Crippen LogP contribution in [0.4, 0.5) is 0 Å². The quantitative estimate of drug-likeness (QED) is 0.671. The molecule has 0 saturated carbocycles. The first-order valence-corrected chi connectivity index (χ1v) is 7.08. The summed E-state index contributed by atoms with van der Waals surface area (Å²) in [6, 6.07) is 4.66. The summed E-state index contributed by atoms with van der Waals surface area (Å²) in [5.41, 5.74) is 5.64. The Balaban J connectivity index is 2.19. The Morgan fingerprint density at radius 1 is 1.28 bits per heavy atom. The molecule has 1 nitrogen and oxygen atoms in total. The second-order valence-electron chi connectivity index (χ2n) is 6.89. The Morgan fingerprint density at radius 3 is 2.72 bits per heavy atom. The highest BCUT2D eigenvalue weighted by molar-refractivity contribution is 5.46. The fourth-order valence-corrected chi connectivity index (χ4v) is 3.33. The highest BCUT2D eigenvalue weighted by atomic mass is 15.1. The Bertz CT molecular complexity index is 543. The molecule has 1 aliphatic heterocycles. The lowest BCUT2D eigenvalue weighted by molar-refractivity contribution is 0.266. The van der Waals surface area contributed by atoms with Crippen molar-refractivity contribution in [2.45, 2.75) is 57.9 Å². The normalized spacial score (nSPS) is 28.3. The summed E-state index contributed by atoms with van der Waals surface area (Å²) in [5, 5.41) is 0. The number of likely N-dealkylation sites (N-methyl/N-ethyl adjacent to an activating group) is 1. The minimum atomic E-state index is -1.20. The molecule has 0 N–H and O–H groups in total. The monoisotopic (exact) mass is 245 g/mol. The summed E-state index contributed by atoms with van der Waals surface area (Å²) in [7, 11) is 1.92. The zero-order chi connectivity index (χ0) is 14.7. The van der Waals surface area contributed by atoms with Crippen LogP contribution in [0.15, 0.2) is 12.1 Å². The number of nitrogens with zero attached hydrogens (tertiary/aromatic N) is 1. The van der Waals surface area contributed by atoms with Crippen LogP contribution < -0.4 is 0 Å². The summed E-state index contributed by atoms with van der Waals surface area (Å²) in [5.74, 6) is 0.0500. The van der Waals surface area contributed by atoms with Gasteiger partial charge in [-0.15, -0.1) is 0 Å². The fourth-order valence-electron chi connectivity index (χ4n) is 3.33. The van der Waals surface area contributed by atoms with Crippen molar-refractivity contribution in [1.82, 2.24) is 4.90 Å². The maximum atomic E-state index is 8.42. The molecule has 3 rings (SSSR count). The summed E-state index contributed by atoms with van der Waals surface area (Å²) in [6.45, 7) is 6.30. The average Bonchev–Trinajstić information content (AvgIpc) is 2.35. The van der Waals surface area contributed by atoms with Crippen LogP contribution in [0.2, 0.25) is 0 Å². The molecular weight excluding hydrogens is 218 g/mol. The van der Waals surface area contributed by atoms with Gasteiger partial charge in [0, 0.05) is 15.8 Å². The molecule has 1 aromatic carbocycles. The van der Waals surface area contributed by atoms with Gasteiger partial charge in [0.2, 0.25) is 0 Å². The first-order chi connectivity index (χ1) is 9.21. The third-order valence-electron chi connectivity index (χ3n) is 4.29. The molecule has 0 spiro atoms. The van der Waals surface area contributed by atoms with Crippen molar-refractivity contribution in [2.24, 2.45) is 0 Å². The summed E-state index contributed by atoms with van der Waals surface area (Å²) < 4.78 is 16.8. The van der Waals surface area contributed by atoms with Crippen LogP contribution in [0.5, 0.6) is 0 Å². The SMILES string of the molecule is [2H]C1([2H])C2CCCc3cc(C(C)(C)C)cc(c32)CN1C. The molecule has 0 amide bonds. The van der Waals surface area contributed by atoms with Crippen molar-refractivity contribution in [1.29, 1.82) is 0 Å².